The predicted octanol–water partition coefficient (Wildman–Crippen LogP) is 2.99. The third-order valence-electron chi connectivity index (χ3n) is 4.26. The van der Waals surface area contributed by atoms with E-state index in [0.717, 1.165) is 30.9 Å². The first-order chi connectivity index (χ1) is 10.2. The molecule has 1 fully saturated rings. The number of para-hydroxylation sites is 2. The van der Waals surface area contributed by atoms with Crippen LogP contribution < -0.4 is 16.0 Å². The number of rotatable bonds is 6. The van der Waals surface area contributed by atoms with Gasteiger partial charge in [0.05, 0.1) is 11.4 Å². The summed E-state index contributed by atoms with van der Waals surface area (Å²) in [6, 6.07) is 8.10. The van der Waals surface area contributed by atoms with Gasteiger partial charge in [-0.05, 0) is 43.9 Å². The van der Waals surface area contributed by atoms with Crippen LogP contribution in [0.25, 0.3) is 0 Å². The lowest BCUT2D eigenvalue weighted by Gasteiger charge is -2.30. The molecule has 1 aromatic carbocycles. The summed E-state index contributed by atoms with van der Waals surface area (Å²) in [4.78, 5) is 14.6. The Morgan fingerprint density at radius 1 is 1.29 bits per heavy atom. The molecule has 0 radical (unpaired) electrons. The number of hydrogen-bond donors (Lipinski definition) is 2. The van der Waals surface area contributed by atoms with Gasteiger partial charge in [0.2, 0.25) is 5.91 Å². The van der Waals surface area contributed by atoms with Crippen molar-refractivity contribution in [3.05, 3.63) is 24.3 Å². The van der Waals surface area contributed by atoms with Gasteiger partial charge < -0.3 is 16.0 Å². The van der Waals surface area contributed by atoms with E-state index < -0.39 is 0 Å². The molecule has 4 heteroatoms. The van der Waals surface area contributed by atoms with Crippen LogP contribution >= 0.6 is 0 Å². The van der Waals surface area contributed by atoms with Gasteiger partial charge in [-0.2, -0.15) is 0 Å². The number of piperidine rings is 1. The molecule has 0 aliphatic carbocycles. The number of amides is 1. The lowest BCUT2D eigenvalue weighted by Crippen LogP contribution is -2.30. The molecule has 0 aromatic heterocycles. The molecule has 3 N–H and O–H groups in total. The van der Waals surface area contributed by atoms with Gasteiger partial charge >= 0.3 is 0 Å². The summed E-state index contributed by atoms with van der Waals surface area (Å²) in [6.07, 6.45) is 5.21. The fraction of sp³-hybridized carbons (Fsp3) is 0.588. The molecule has 0 saturated carbocycles. The minimum absolute atomic E-state index is 0.0664. The van der Waals surface area contributed by atoms with E-state index in [1.54, 1.807) is 0 Å². The summed E-state index contributed by atoms with van der Waals surface area (Å²) in [6.45, 7) is 4.80. The normalized spacial score (nSPS) is 16.6. The first-order valence-corrected chi connectivity index (χ1v) is 8.08. The zero-order chi connectivity index (χ0) is 15.1. The molecule has 4 nitrogen and oxygen atoms in total. The highest BCUT2D eigenvalue weighted by molar-refractivity contribution is 5.94. The van der Waals surface area contributed by atoms with Crippen LogP contribution in [0.5, 0.6) is 0 Å². The number of nitrogens with zero attached hydrogens (tertiary/aromatic N) is 1. The zero-order valence-corrected chi connectivity index (χ0v) is 13.0. The smallest absolute Gasteiger partial charge is 0.224 e. The Morgan fingerprint density at radius 3 is 2.67 bits per heavy atom. The number of anilines is 2. The van der Waals surface area contributed by atoms with E-state index in [4.69, 9.17) is 5.73 Å². The molecule has 1 heterocycles. The van der Waals surface area contributed by atoms with Crippen molar-refractivity contribution in [1.82, 2.24) is 0 Å². The average molecular weight is 289 g/mol. The van der Waals surface area contributed by atoms with Gasteiger partial charge in [-0.25, -0.2) is 0 Å². The molecule has 1 aliphatic heterocycles. The van der Waals surface area contributed by atoms with Gasteiger partial charge in [0, 0.05) is 19.5 Å². The van der Waals surface area contributed by atoms with Crippen LogP contribution in [0.1, 0.15) is 39.0 Å². The molecule has 1 aromatic rings. The Labute approximate surface area is 127 Å². The largest absolute Gasteiger partial charge is 0.370 e. The van der Waals surface area contributed by atoms with Crippen molar-refractivity contribution in [2.24, 2.45) is 11.7 Å². The zero-order valence-electron chi connectivity index (χ0n) is 13.0. The molecule has 1 amide bonds. The van der Waals surface area contributed by atoms with E-state index in [1.165, 1.54) is 19.3 Å². The molecule has 21 heavy (non-hydrogen) atoms. The van der Waals surface area contributed by atoms with Crippen LogP contribution in [0.4, 0.5) is 11.4 Å². The molecule has 0 spiro atoms. The van der Waals surface area contributed by atoms with Crippen molar-refractivity contribution in [1.29, 1.82) is 0 Å². The Balaban J connectivity index is 2.04. The van der Waals surface area contributed by atoms with Gasteiger partial charge in [0.1, 0.15) is 0 Å². The first-order valence-electron chi connectivity index (χ1n) is 8.08. The quantitative estimate of drug-likeness (QED) is 0.846. The third kappa shape index (κ3) is 4.46. The molecule has 2 rings (SSSR count). The van der Waals surface area contributed by atoms with Crippen molar-refractivity contribution in [2.75, 3.05) is 29.9 Å². The molecule has 0 bridgehead atoms. The number of benzene rings is 1. The van der Waals surface area contributed by atoms with Crippen LogP contribution in [0.3, 0.4) is 0 Å². The van der Waals surface area contributed by atoms with Crippen LogP contribution in [0.2, 0.25) is 0 Å². The SMILES string of the molecule is CCC(CN)CC(=O)Nc1ccccc1N1CCCCC1. The summed E-state index contributed by atoms with van der Waals surface area (Å²) >= 11 is 0. The highest BCUT2D eigenvalue weighted by Gasteiger charge is 2.16. The van der Waals surface area contributed by atoms with Crippen LogP contribution in [-0.4, -0.2) is 25.5 Å². The fourth-order valence-electron chi connectivity index (χ4n) is 2.85. The van der Waals surface area contributed by atoms with Crippen LogP contribution in [0, 0.1) is 5.92 Å². The van der Waals surface area contributed by atoms with Gasteiger partial charge in [0.25, 0.3) is 0 Å². The maximum atomic E-state index is 12.2. The van der Waals surface area contributed by atoms with Crippen molar-refractivity contribution < 1.29 is 4.79 Å². The van der Waals surface area contributed by atoms with Crippen molar-refractivity contribution in [2.45, 2.75) is 39.0 Å². The summed E-state index contributed by atoms with van der Waals surface area (Å²) in [7, 11) is 0. The third-order valence-corrected chi connectivity index (χ3v) is 4.26. The molecule has 1 aliphatic rings. The van der Waals surface area contributed by atoms with Crippen LogP contribution in [0.15, 0.2) is 24.3 Å². The molecular weight excluding hydrogens is 262 g/mol. The lowest BCUT2D eigenvalue weighted by molar-refractivity contribution is -0.117. The summed E-state index contributed by atoms with van der Waals surface area (Å²) in [5, 5.41) is 3.07. The molecule has 1 atom stereocenters. The van der Waals surface area contributed by atoms with Crippen LogP contribution in [-0.2, 0) is 4.79 Å². The van der Waals surface area contributed by atoms with Gasteiger partial charge in [-0.3, -0.25) is 4.79 Å². The molecule has 116 valence electrons. The van der Waals surface area contributed by atoms with Crippen molar-refractivity contribution in [3.8, 4) is 0 Å². The molecule has 1 saturated heterocycles. The Hall–Kier alpha value is -1.55. The second kappa shape index (κ2) is 8.03. The van der Waals surface area contributed by atoms with E-state index >= 15 is 0 Å². The summed E-state index contributed by atoms with van der Waals surface area (Å²) in [5.41, 5.74) is 7.76. The van der Waals surface area contributed by atoms with E-state index in [0.29, 0.717) is 13.0 Å². The van der Waals surface area contributed by atoms with Gasteiger partial charge in [-0.15, -0.1) is 0 Å². The second-order valence-corrected chi connectivity index (χ2v) is 5.83. The number of carbonyl (C=O) groups excluding carboxylic acids is 1. The number of nitrogens with two attached hydrogens (primary N) is 1. The summed E-state index contributed by atoms with van der Waals surface area (Å²) in [5.74, 6) is 0.337. The fourth-order valence-corrected chi connectivity index (χ4v) is 2.85. The standard InChI is InChI=1S/C17H27N3O/c1-2-14(13-18)12-17(21)19-15-8-4-5-9-16(15)20-10-6-3-7-11-20/h4-5,8-9,14H,2-3,6-7,10-13,18H2,1H3,(H,19,21). The Kier molecular flexibility index (Phi) is 6.05. The topological polar surface area (TPSA) is 58.4 Å². The minimum Gasteiger partial charge on any atom is -0.370 e. The molecular formula is C17H27N3O. The minimum atomic E-state index is 0.0664. The predicted molar refractivity (Wildman–Crippen MR) is 88.6 cm³/mol. The van der Waals surface area contributed by atoms with E-state index in [2.05, 4.69) is 23.2 Å². The number of nitrogens with one attached hydrogen (secondary N) is 1. The maximum absolute atomic E-state index is 12.2. The second-order valence-electron chi connectivity index (χ2n) is 5.83. The van der Waals surface area contributed by atoms with E-state index in [9.17, 15) is 4.79 Å². The maximum Gasteiger partial charge on any atom is 0.224 e. The van der Waals surface area contributed by atoms with Crippen molar-refractivity contribution in [3.63, 3.8) is 0 Å². The van der Waals surface area contributed by atoms with Gasteiger partial charge in [0.15, 0.2) is 0 Å². The molecule has 1 unspecified atom stereocenters. The van der Waals surface area contributed by atoms with Gasteiger partial charge in [-0.1, -0.05) is 25.5 Å². The monoisotopic (exact) mass is 289 g/mol. The summed E-state index contributed by atoms with van der Waals surface area (Å²) < 4.78 is 0. The Bertz CT molecular complexity index is 451. The first kappa shape index (κ1) is 15.8. The van der Waals surface area contributed by atoms with Crippen molar-refractivity contribution >= 4 is 17.3 Å². The number of hydrogen-bond acceptors (Lipinski definition) is 3. The van der Waals surface area contributed by atoms with E-state index in [-0.39, 0.29) is 11.8 Å². The highest BCUT2D eigenvalue weighted by atomic mass is 16.1. The number of carbonyl (C=O) groups is 1. The average Bonchev–Trinajstić information content (AvgIpc) is 2.54. The lowest BCUT2D eigenvalue weighted by atomic mass is 10.0. The van der Waals surface area contributed by atoms with E-state index in [1.807, 2.05) is 18.2 Å². The Morgan fingerprint density at radius 2 is 2.00 bits per heavy atom. The highest BCUT2D eigenvalue weighted by Crippen LogP contribution is 2.28.